The predicted molar refractivity (Wildman–Crippen MR) is 74.8 cm³/mol. The van der Waals surface area contributed by atoms with Gasteiger partial charge in [0.15, 0.2) is 0 Å². The number of carbonyl (C=O) groups is 1. The summed E-state index contributed by atoms with van der Waals surface area (Å²) < 4.78 is 0. The lowest BCUT2D eigenvalue weighted by Gasteiger charge is -2.08. The molecule has 3 nitrogen and oxygen atoms in total. The number of phenolic OH excluding ortho intramolecular Hbond substituents is 1. The molecule has 0 bridgehead atoms. The van der Waals surface area contributed by atoms with Crippen LogP contribution in [0, 0.1) is 0 Å². The van der Waals surface area contributed by atoms with Crippen molar-refractivity contribution in [1.82, 2.24) is 0 Å². The van der Waals surface area contributed by atoms with Crippen molar-refractivity contribution in [3.05, 3.63) is 44.6 Å². The van der Waals surface area contributed by atoms with Gasteiger partial charge in [0.1, 0.15) is 10.8 Å². The molecule has 6 heteroatoms. The van der Waals surface area contributed by atoms with Crippen LogP contribution in [0.2, 0.25) is 10.0 Å². The number of halogens is 2. The number of carbonyl (C=O) groups excluding carboxylic acids is 1. The van der Waals surface area contributed by atoms with E-state index in [0.29, 0.717) is 5.69 Å². The normalized spacial score (nSPS) is 10.3. The van der Waals surface area contributed by atoms with Crippen LogP contribution in [-0.4, -0.2) is 11.0 Å². The Bertz CT molecular complexity index is 570. The number of phenols is 1. The van der Waals surface area contributed by atoms with E-state index in [9.17, 15) is 9.90 Å². The van der Waals surface area contributed by atoms with Crippen molar-refractivity contribution in [2.45, 2.75) is 6.42 Å². The molecule has 1 aromatic carbocycles. The van der Waals surface area contributed by atoms with Crippen LogP contribution in [0.5, 0.6) is 5.75 Å². The number of hydrogen-bond acceptors (Lipinski definition) is 3. The molecular formula is C12H9Cl2NO2S. The molecule has 2 N–H and O–H groups in total. The first kappa shape index (κ1) is 13.2. The second-order valence-corrected chi connectivity index (χ2v) is 5.35. The maximum absolute atomic E-state index is 11.8. The van der Waals surface area contributed by atoms with E-state index < -0.39 is 0 Å². The maximum Gasteiger partial charge on any atom is 0.229 e. The molecule has 0 saturated carbocycles. The molecule has 0 spiro atoms. The Morgan fingerprint density at radius 3 is 2.72 bits per heavy atom. The van der Waals surface area contributed by atoms with Gasteiger partial charge in [-0.2, -0.15) is 0 Å². The summed E-state index contributed by atoms with van der Waals surface area (Å²) in [5.74, 6) is -0.293. The summed E-state index contributed by atoms with van der Waals surface area (Å²) in [6, 6.07) is 6.66. The van der Waals surface area contributed by atoms with Gasteiger partial charge in [-0.25, -0.2) is 0 Å². The first-order valence-corrected chi connectivity index (χ1v) is 6.70. The van der Waals surface area contributed by atoms with E-state index in [1.807, 2.05) is 17.5 Å². The fourth-order valence-corrected chi connectivity index (χ4v) is 2.48. The van der Waals surface area contributed by atoms with Crippen LogP contribution in [0.4, 0.5) is 5.69 Å². The third-order valence-electron chi connectivity index (χ3n) is 2.25. The molecule has 0 atom stereocenters. The highest BCUT2D eigenvalue weighted by Gasteiger charge is 2.12. The van der Waals surface area contributed by atoms with Crippen LogP contribution in [0.1, 0.15) is 4.88 Å². The van der Waals surface area contributed by atoms with Crippen LogP contribution >= 0.6 is 34.5 Å². The standard InChI is InChI=1S/C12H9Cl2NO2S/c13-11-8(3-4-9(16)12(11)14)15-10(17)6-7-2-1-5-18-7/h1-5,16H,6H2,(H,15,17). The zero-order valence-electron chi connectivity index (χ0n) is 9.11. The van der Waals surface area contributed by atoms with Gasteiger partial charge in [-0.1, -0.05) is 29.3 Å². The molecule has 2 aromatic rings. The van der Waals surface area contributed by atoms with Crippen molar-refractivity contribution in [3.8, 4) is 5.75 Å². The molecule has 1 amide bonds. The highest BCUT2D eigenvalue weighted by Crippen LogP contribution is 2.36. The Morgan fingerprint density at radius 2 is 2.06 bits per heavy atom. The fraction of sp³-hybridized carbons (Fsp3) is 0.0833. The molecule has 0 aliphatic rings. The minimum absolute atomic E-state index is 0.0330. The predicted octanol–water partition coefficient (Wildman–Crippen LogP) is 3.94. The van der Waals surface area contributed by atoms with E-state index in [-0.39, 0.29) is 28.1 Å². The molecule has 1 aromatic heterocycles. The van der Waals surface area contributed by atoms with Gasteiger partial charge >= 0.3 is 0 Å². The second kappa shape index (κ2) is 5.61. The van der Waals surface area contributed by atoms with Gasteiger partial charge < -0.3 is 10.4 Å². The van der Waals surface area contributed by atoms with E-state index in [1.54, 1.807) is 0 Å². The van der Waals surface area contributed by atoms with Crippen LogP contribution in [0.3, 0.4) is 0 Å². The number of aromatic hydroxyl groups is 1. The summed E-state index contributed by atoms with van der Waals surface area (Å²) in [7, 11) is 0. The molecule has 0 radical (unpaired) electrons. The van der Waals surface area contributed by atoms with Gasteiger partial charge in [-0.05, 0) is 23.6 Å². The molecule has 94 valence electrons. The third kappa shape index (κ3) is 2.96. The van der Waals surface area contributed by atoms with Crippen molar-refractivity contribution < 1.29 is 9.90 Å². The summed E-state index contributed by atoms with van der Waals surface area (Å²) in [5.41, 5.74) is 0.390. The van der Waals surface area contributed by atoms with Crippen LogP contribution in [0.15, 0.2) is 29.6 Å². The van der Waals surface area contributed by atoms with Crippen molar-refractivity contribution in [1.29, 1.82) is 0 Å². The van der Waals surface area contributed by atoms with Crippen LogP contribution < -0.4 is 5.32 Å². The Labute approximate surface area is 118 Å². The maximum atomic E-state index is 11.8. The molecule has 18 heavy (non-hydrogen) atoms. The topological polar surface area (TPSA) is 49.3 Å². The number of thiophene rings is 1. The van der Waals surface area contributed by atoms with Gasteiger partial charge in [0.05, 0.1) is 17.1 Å². The zero-order valence-corrected chi connectivity index (χ0v) is 11.4. The Kier molecular flexibility index (Phi) is 4.11. The molecule has 1 heterocycles. The summed E-state index contributed by atoms with van der Waals surface area (Å²) in [6.07, 6.45) is 0.284. The Balaban J connectivity index is 2.10. The summed E-state index contributed by atoms with van der Waals surface area (Å²) in [4.78, 5) is 12.7. The van der Waals surface area contributed by atoms with Crippen molar-refractivity contribution in [3.63, 3.8) is 0 Å². The number of nitrogens with one attached hydrogen (secondary N) is 1. The van der Waals surface area contributed by atoms with E-state index in [0.717, 1.165) is 4.88 Å². The average molecular weight is 302 g/mol. The molecule has 0 fully saturated rings. The van der Waals surface area contributed by atoms with Crippen molar-refractivity contribution in [2.75, 3.05) is 5.32 Å². The lowest BCUT2D eigenvalue weighted by molar-refractivity contribution is -0.115. The molecular weight excluding hydrogens is 293 g/mol. The number of amides is 1. The van der Waals surface area contributed by atoms with E-state index in [4.69, 9.17) is 23.2 Å². The zero-order chi connectivity index (χ0) is 13.1. The number of benzene rings is 1. The Hall–Kier alpha value is -1.23. The summed E-state index contributed by atoms with van der Waals surface area (Å²) in [5, 5.41) is 14.1. The smallest absolute Gasteiger partial charge is 0.229 e. The van der Waals surface area contributed by atoms with Crippen LogP contribution in [-0.2, 0) is 11.2 Å². The SMILES string of the molecule is O=C(Cc1cccs1)Nc1ccc(O)c(Cl)c1Cl. The second-order valence-electron chi connectivity index (χ2n) is 3.56. The van der Waals surface area contributed by atoms with Crippen LogP contribution in [0.25, 0.3) is 0 Å². The number of anilines is 1. The quantitative estimate of drug-likeness (QED) is 0.844. The minimum atomic E-state index is -0.180. The van der Waals surface area contributed by atoms with Crippen molar-refractivity contribution >= 4 is 46.1 Å². The first-order chi connectivity index (χ1) is 8.58. The lowest BCUT2D eigenvalue weighted by Crippen LogP contribution is -2.14. The van der Waals surface area contributed by atoms with Gasteiger partial charge in [0.25, 0.3) is 0 Å². The first-order valence-electron chi connectivity index (χ1n) is 5.07. The van der Waals surface area contributed by atoms with Gasteiger partial charge in [0, 0.05) is 4.88 Å². The highest BCUT2D eigenvalue weighted by molar-refractivity contribution is 7.10. The van der Waals surface area contributed by atoms with E-state index in [1.165, 1.54) is 23.5 Å². The monoisotopic (exact) mass is 301 g/mol. The number of rotatable bonds is 3. The molecule has 0 saturated heterocycles. The Morgan fingerprint density at radius 1 is 1.28 bits per heavy atom. The van der Waals surface area contributed by atoms with Gasteiger partial charge in [0.2, 0.25) is 5.91 Å². The van der Waals surface area contributed by atoms with E-state index in [2.05, 4.69) is 5.32 Å². The largest absolute Gasteiger partial charge is 0.506 e. The number of hydrogen-bond donors (Lipinski definition) is 2. The summed E-state index contributed by atoms with van der Waals surface area (Å²) >= 11 is 13.2. The third-order valence-corrected chi connectivity index (χ3v) is 4.00. The van der Waals surface area contributed by atoms with Gasteiger partial charge in [-0.3, -0.25) is 4.79 Å². The summed E-state index contributed by atoms with van der Waals surface area (Å²) in [6.45, 7) is 0. The molecule has 0 aliphatic heterocycles. The molecule has 0 unspecified atom stereocenters. The fourth-order valence-electron chi connectivity index (χ4n) is 1.40. The molecule has 0 aliphatic carbocycles. The minimum Gasteiger partial charge on any atom is -0.506 e. The van der Waals surface area contributed by atoms with E-state index >= 15 is 0 Å². The molecule has 2 rings (SSSR count). The van der Waals surface area contributed by atoms with Gasteiger partial charge in [-0.15, -0.1) is 11.3 Å². The lowest BCUT2D eigenvalue weighted by atomic mass is 10.2. The van der Waals surface area contributed by atoms with Crippen molar-refractivity contribution in [2.24, 2.45) is 0 Å². The average Bonchev–Trinajstić information content (AvgIpc) is 2.83. The highest BCUT2D eigenvalue weighted by atomic mass is 35.5.